The van der Waals surface area contributed by atoms with Crippen LogP contribution in [0.2, 0.25) is 0 Å². The highest BCUT2D eigenvalue weighted by molar-refractivity contribution is 6.04. The number of aromatic amines is 1. The number of H-pyrrole nitrogens is 1. The maximum Gasteiger partial charge on any atom is 0.329 e. The van der Waals surface area contributed by atoms with Gasteiger partial charge in [-0.1, -0.05) is 103 Å². The Morgan fingerprint density at radius 1 is 0.714 bits per heavy atom. The fourth-order valence-electron chi connectivity index (χ4n) is 10.9. The molecule has 0 unspecified atom stereocenters. The molecule has 0 bridgehead atoms. The van der Waals surface area contributed by atoms with Gasteiger partial charge in [-0.25, -0.2) is 18.0 Å². The van der Waals surface area contributed by atoms with E-state index in [4.69, 9.17) is 10.6 Å². The normalized spacial score (nSPS) is 13.9. The van der Waals surface area contributed by atoms with Crippen LogP contribution in [0.25, 0.3) is 16.5 Å². The molecule has 4 amide bonds. The van der Waals surface area contributed by atoms with Crippen molar-refractivity contribution in [3.63, 3.8) is 0 Å². The topological polar surface area (TPSA) is 213 Å². The molecule has 0 saturated carbocycles. The van der Waals surface area contributed by atoms with Gasteiger partial charge in [-0.2, -0.15) is 0 Å². The van der Waals surface area contributed by atoms with Crippen LogP contribution in [0.1, 0.15) is 116 Å². The molecule has 0 atom stereocenters. The predicted octanol–water partition coefficient (Wildman–Crippen LogP) is 10.6. The number of nitrogens with zero attached hydrogens (tertiary/aromatic N) is 6. The highest BCUT2D eigenvalue weighted by Gasteiger charge is 2.28. The first-order valence-electron chi connectivity index (χ1n) is 30.1. The first-order chi connectivity index (χ1) is 44.0. The van der Waals surface area contributed by atoms with E-state index in [0.29, 0.717) is 85.1 Å². The lowest BCUT2D eigenvalue weighted by Gasteiger charge is -2.31. The molecule has 472 valence electrons. The number of carbonyl (C=O) groups is 5. The maximum absolute atomic E-state index is 14.8. The largest absolute Gasteiger partial charge is 0.392 e. The molecule has 1 fully saturated rings. The van der Waals surface area contributed by atoms with Gasteiger partial charge in [0.25, 0.3) is 23.3 Å². The molecule has 1 aliphatic carbocycles. The van der Waals surface area contributed by atoms with Crippen molar-refractivity contribution in [3.05, 3.63) is 252 Å². The van der Waals surface area contributed by atoms with Crippen LogP contribution >= 0.6 is 0 Å². The van der Waals surface area contributed by atoms with Gasteiger partial charge in [-0.15, -0.1) is 0 Å². The first kappa shape index (κ1) is 66.7. The van der Waals surface area contributed by atoms with Crippen molar-refractivity contribution in [1.82, 2.24) is 24.7 Å². The number of hydrogen-bond acceptors (Lipinski definition) is 11. The number of hydrogen-bond donors (Lipinski definition) is 3. The van der Waals surface area contributed by atoms with Crippen LogP contribution in [0, 0.1) is 17.5 Å². The Hall–Kier alpha value is -10.2. The maximum atomic E-state index is 14.8. The number of Topliss-reactive ketones (excluding diaryl/α,β-unsaturated/α-hetero) is 1. The van der Waals surface area contributed by atoms with Crippen LogP contribution < -0.4 is 32.1 Å². The Morgan fingerprint density at radius 3 is 1.97 bits per heavy atom. The average molecular weight is 1240 g/mol. The van der Waals surface area contributed by atoms with Gasteiger partial charge in [0.05, 0.1) is 52.1 Å². The number of carbonyl (C=O) groups excluding carboxylic acids is 5. The second kappa shape index (κ2) is 31.8. The van der Waals surface area contributed by atoms with Crippen molar-refractivity contribution in [2.75, 3.05) is 63.2 Å². The molecule has 2 aliphatic heterocycles. The van der Waals surface area contributed by atoms with Gasteiger partial charge in [-0.05, 0) is 140 Å². The molecule has 4 N–H and O–H groups in total. The predicted molar refractivity (Wildman–Crippen MR) is 349 cm³/mol. The van der Waals surface area contributed by atoms with Gasteiger partial charge in [0.2, 0.25) is 6.41 Å². The number of nitrogens with two attached hydrogens (primary N) is 1. The number of fused-ring (bicyclic) bond motifs is 2. The Kier molecular flexibility index (Phi) is 23.3. The number of para-hydroxylation sites is 3. The van der Waals surface area contributed by atoms with Crippen LogP contribution in [0.15, 0.2) is 179 Å². The molecule has 3 heterocycles. The molecule has 7 aromatic carbocycles. The number of benzene rings is 7. The zero-order valence-electron chi connectivity index (χ0n) is 51.6. The summed E-state index contributed by atoms with van der Waals surface area (Å²) in [6, 6.07) is 43.9. The Balaban J connectivity index is 0.000000190. The Labute approximate surface area is 526 Å². The quantitative estimate of drug-likeness (QED) is 0.0502. The van der Waals surface area contributed by atoms with Crippen molar-refractivity contribution in [2.24, 2.45) is 10.9 Å². The van der Waals surface area contributed by atoms with Crippen molar-refractivity contribution >= 4 is 63.5 Å². The fraction of sp³-hybridized carbons (Fsp3) is 0.268. The zero-order chi connectivity index (χ0) is 65.1. The minimum atomic E-state index is -0.652. The number of anilines is 2. The lowest BCUT2D eigenvalue weighted by Crippen LogP contribution is -2.41. The summed E-state index contributed by atoms with van der Waals surface area (Å²) in [5, 5.41) is 7.34. The number of ketones is 1. The first-order valence-corrected chi connectivity index (χ1v) is 30.1. The van der Waals surface area contributed by atoms with Crippen molar-refractivity contribution in [2.45, 2.75) is 72.1 Å². The number of amides is 4. The van der Waals surface area contributed by atoms with Crippen molar-refractivity contribution < 1.29 is 42.0 Å². The zero-order valence-corrected chi connectivity index (χ0v) is 51.6. The molecular weight excluding hydrogens is 1160 g/mol. The number of aromatic nitrogens is 2. The van der Waals surface area contributed by atoms with Gasteiger partial charge in [-0.3, -0.25) is 38.3 Å². The average Bonchev–Trinajstić information content (AvgIpc) is 1.57. The number of oxime groups is 1. The third kappa shape index (κ3) is 16.7. The lowest BCUT2D eigenvalue weighted by atomic mass is 9.99. The van der Waals surface area contributed by atoms with Crippen molar-refractivity contribution in [3.8, 4) is 0 Å². The number of halogens is 3. The second-order valence-electron chi connectivity index (χ2n) is 21.8. The van der Waals surface area contributed by atoms with Crippen LogP contribution in [-0.4, -0.2) is 114 Å². The molecule has 91 heavy (non-hydrogen) atoms. The van der Waals surface area contributed by atoms with Gasteiger partial charge >= 0.3 is 5.69 Å². The smallest absolute Gasteiger partial charge is 0.329 e. The molecule has 8 aromatic rings. The minimum Gasteiger partial charge on any atom is -0.392 e. The summed E-state index contributed by atoms with van der Waals surface area (Å²) in [6.07, 6.45) is 5.96. The Bertz CT molecular complexity index is 4100. The monoisotopic (exact) mass is 1240 g/mol. The summed E-state index contributed by atoms with van der Waals surface area (Å²) < 4.78 is 44.1. The van der Waals surface area contributed by atoms with Crippen LogP contribution in [0.5, 0.6) is 0 Å². The Morgan fingerprint density at radius 2 is 1.32 bits per heavy atom. The van der Waals surface area contributed by atoms with Gasteiger partial charge in [0, 0.05) is 76.5 Å². The summed E-state index contributed by atoms with van der Waals surface area (Å²) in [6.45, 7) is 8.91. The molecule has 0 radical (unpaired) electrons. The molecule has 1 saturated heterocycles. The minimum absolute atomic E-state index is 0.0450. The van der Waals surface area contributed by atoms with E-state index in [-0.39, 0.29) is 47.8 Å². The van der Waals surface area contributed by atoms with E-state index >= 15 is 0 Å². The van der Waals surface area contributed by atoms with Gasteiger partial charge < -0.3 is 35.5 Å². The summed E-state index contributed by atoms with van der Waals surface area (Å²) in [4.78, 5) is 101. The fourth-order valence-corrected chi connectivity index (χ4v) is 10.9. The van der Waals surface area contributed by atoms with E-state index in [0.717, 1.165) is 59.6 Å². The van der Waals surface area contributed by atoms with E-state index in [1.807, 2.05) is 56.4 Å². The molecule has 3 aliphatic rings. The van der Waals surface area contributed by atoms with E-state index in [9.17, 15) is 46.7 Å². The van der Waals surface area contributed by atoms with Gasteiger partial charge in [0.1, 0.15) is 23.6 Å². The van der Waals surface area contributed by atoms with E-state index in [1.54, 1.807) is 83.5 Å². The number of likely N-dealkylation sites (tertiary alicyclic amines) is 1. The molecule has 0 spiro atoms. The third-order valence-electron chi connectivity index (χ3n) is 15.8. The lowest BCUT2D eigenvalue weighted by molar-refractivity contribution is -0.107. The highest BCUT2D eigenvalue weighted by Crippen LogP contribution is 2.28. The summed E-state index contributed by atoms with van der Waals surface area (Å²) >= 11 is 0. The summed E-state index contributed by atoms with van der Waals surface area (Å²) in [5.41, 5.74) is 13.1. The molecule has 1 aromatic heterocycles. The van der Waals surface area contributed by atoms with E-state index in [2.05, 4.69) is 39.4 Å². The number of aryl methyl sites for hydroxylation is 1. The number of rotatable bonds is 15. The standard InChI is InChI=1S/C30H27FN4O4.C28H25F2N3O3.C11H15NO.C2H7N/c31-25-11-9-19(18-35-27-8-4-3-7-23(27)28(36)32-30(35)38)17-24(25)29(37)34-15-13-21(14-16-34)39-33-26-12-10-20-5-1-2-6-22(20)26;1-31-27(35)23-4-2-3-5-26(23)33(18-34)17-19-6-11-25(30)24(16-19)28(36)32-14-12-21(13-15-32)20-7-9-22(29)10-8-20;1-4-12(3)11-8-6-5-7-10(11)9(2)13;1-2-3/h1-9,11,17,21H,10,12-16,18H2,(H,32,36,38);2-12,16,18H,13-15,17H2,1H3,(H,31,35);5-8H,4H2,1-3H3;2-3H2,1H3. The van der Waals surface area contributed by atoms with E-state index < -0.39 is 34.7 Å². The summed E-state index contributed by atoms with van der Waals surface area (Å²) in [7, 11) is 3.49. The number of piperidine rings is 1. The van der Waals surface area contributed by atoms with Gasteiger partial charge in [0.15, 0.2) is 5.78 Å². The van der Waals surface area contributed by atoms with Crippen molar-refractivity contribution in [1.29, 1.82) is 0 Å². The highest BCUT2D eigenvalue weighted by atomic mass is 19.1. The molecule has 17 nitrogen and oxygen atoms in total. The molecule has 20 heteroatoms. The van der Waals surface area contributed by atoms with E-state index in [1.165, 1.54) is 64.5 Å². The third-order valence-corrected chi connectivity index (χ3v) is 15.8. The number of nitrogens with one attached hydrogen (secondary N) is 2. The van der Waals surface area contributed by atoms with Crippen LogP contribution in [0.3, 0.4) is 0 Å². The molecular formula is C71H74F3N9O8. The SMILES string of the molecule is CCN.CCN(C)c1ccccc1C(C)=O.CNC(=O)c1ccccc1N(C=O)Cc1ccc(F)c(C(=O)N2CC=C(c3ccc(F)cc3)CC2)c1.O=C(c1cc(Cn2c(=O)[nH]c(=O)c3ccccc32)ccc1F)N1CCC(ON=C2CCc3ccccc32)CC1. The molecule has 11 rings (SSSR count). The summed E-state index contributed by atoms with van der Waals surface area (Å²) in [5.74, 6) is -2.66. The second-order valence-corrected chi connectivity index (χ2v) is 21.8. The van der Waals surface area contributed by atoms with Crippen LogP contribution in [-0.2, 0) is 29.1 Å². The van der Waals surface area contributed by atoms with Crippen LogP contribution in [0.4, 0.5) is 24.5 Å².